The van der Waals surface area contributed by atoms with Gasteiger partial charge in [0.25, 0.3) is 5.69 Å². The molecule has 1 aromatic carbocycles. The third-order valence-electron chi connectivity index (χ3n) is 3.44. The summed E-state index contributed by atoms with van der Waals surface area (Å²) in [5, 5.41) is 19.9. The van der Waals surface area contributed by atoms with Crippen LogP contribution in [-0.4, -0.2) is 29.1 Å². The second-order valence-corrected chi connectivity index (χ2v) is 4.94. The molecule has 0 aliphatic rings. The van der Waals surface area contributed by atoms with Gasteiger partial charge in [-0.15, -0.1) is 0 Å². The molecule has 6 nitrogen and oxygen atoms in total. The number of rotatable bonds is 7. The Morgan fingerprint density at radius 2 is 2.10 bits per heavy atom. The second-order valence-electron chi connectivity index (χ2n) is 4.94. The van der Waals surface area contributed by atoms with E-state index in [0.717, 1.165) is 12.5 Å². The van der Waals surface area contributed by atoms with Crippen molar-refractivity contribution in [3.63, 3.8) is 0 Å². The number of nitro groups is 1. The highest BCUT2D eigenvalue weighted by Gasteiger charge is 2.25. The summed E-state index contributed by atoms with van der Waals surface area (Å²) in [6.07, 6.45) is 0.900. The molecule has 1 atom stereocenters. The minimum atomic E-state index is -1.44. The number of hydrogen-bond acceptors (Lipinski definition) is 4. The van der Waals surface area contributed by atoms with E-state index in [1.807, 2.05) is 20.8 Å². The highest BCUT2D eigenvalue weighted by atomic mass is 19.1. The monoisotopic (exact) mass is 298 g/mol. The van der Waals surface area contributed by atoms with Crippen molar-refractivity contribution in [2.24, 2.45) is 5.92 Å². The van der Waals surface area contributed by atoms with Gasteiger partial charge in [-0.3, -0.25) is 10.1 Å². The van der Waals surface area contributed by atoms with Gasteiger partial charge in [-0.1, -0.05) is 20.3 Å². The van der Waals surface area contributed by atoms with Gasteiger partial charge < -0.3 is 10.0 Å². The molecule has 0 aliphatic carbocycles. The van der Waals surface area contributed by atoms with Crippen LogP contribution in [0.1, 0.15) is 37.6 Å². The number of nitro benzene ring substituents is 1. The number of benzene rings is 1. The van der Waals surface area contributed by atoms with Crippen molar-refractivity contribution in [3.8, 4) is 0 Å². The van der Waals surface area contributed by atoms with Crippen molar-refractivity contribution in [2.75, 3.05) is 18.0 Å². The zero-order chi connectivity index (χ0) is 16.2. The van der Waals surface area contributed by atoms with Crippen molar-refractivity contribution in [2.45, 2.75) is 27.2 Å². The van der Waals surface area contributed by atoms with Crippen LogP contribution >= 0.6 is 0 Å². The van der Waals surface area contributed by atoms with E-state index in [2.05, 4.69) is 0 Å². The normalized spacial score (nSPS) is 12.0. The molecular formula is C14H19FN2O4. The molecule has 116 valence electrons. The fourth-order valence-corrected chi connectivity index (χ4v) is 2.02. The van der Waals surface area contributed by atoms with E-state index in [1.54, 1.807) is 4.90 Å². The fourth-order valence-electron chi connectivity index (χ4n) is 2.02. The molecule has 0 aromatic heterocycles. The first-order chi connectivity index (χ1) is 9.81. The smallest absolute Gasteiger partial charge is 0.342 e. The van der Waals surface area contributed by atoms with Gasteiger partial charge in [0.1, 0.15) is 5.56 Å². The highest BCUT2D eigenvalue weighted by Crippen LogP contribution is 2.29. The number of anilines is 1. The van der Waals surface area contributed by atoms with Gasteiger partial charge in [0, 0.05) is 13.1 Å². The number of carbonyl (C=O) groups is 1. The Morgan fingerprint density at radius 3 is 2.52 bits per heavy atom. The van der Waals surface area contributed by atoms with Crippen LogP contribution in [0, 0.1) is 21.8 Å². The Morgan fingerprint density at radius 1 is 1.48 bits per heavy atom. The molecule has 1 N–H and O–H groups in total. The molecule has 1 aromatic rings. The zero-order valence-corrected chi connectivity index (χ0v) is 12.3. The Labute approximate surface area is 122 Å². The van der Waals surface area contributed by atoms with Gasteiger partial charge in [0.05, 0.1) is 16.7 Å². The standard InChI is InChI=1S/C14H19FN2O4/c1-4-9(3)8-16(5-2)13-6-10(14(18)19)12(17(20)21)7-11(13)15/h6-7,9H,4-5,8H2,1-3H3,(H,18,19). The van der Waals surface area contributed by atoms with Crippen molar-refractivity contribution in [1.82, 2.24) is 0 Å². The summed E-state index contributed by atoms with van der Waals surface area (Å²) in [7, 11) is 0. The summed E-state index contributed by atoms with van der Waals surface area (Å²) in [5.74, 6) is -1.92. The van der Waals surface area contributed by atoms with Gasteiger partial charge in [-0.25, -0.2) is 9.18 Å². The van der Waals surface area contributed by atoms with E-state index in [1.165, 1.54) is 0 Å². The van der Waals surface area contributed by atoms with Gasteiger partial charge in [0.15, 0.2) is 5.82 Å². The second kappa shape index (κ2) is 7.01. The van der Waals surface area contributed by atoms with Gasteiger partial charge in [0.2, 0.25) is 0 Å². The molecule has 0 amide bonds. The molecule has 1 unspecified atom stereocenters. The van der Waals surface area contributed by atoms with E-state index < -0.39 is 28.0 Å². The maximum atomic E-state index is 14.1. The molecule has 0 radical (unpaired) electrons. The summed E-state index contributed by atoms with van der Waals surface area (Å²) in [5.41, 5.74) is -1.15. The van der Waals surface area contributed by atoms with Crippen LogP contribution < -0.4 is 4.90 Å². The van der Waals surface area contributed by atoms with Crippen molar-refractivity contribution >= 4 is 17.3 Å². The number of halogens is 1. The first-order valence-electron chi connectivity index (χ1n) is 6.77. The molecule has 0 spiro atoms. The summed E-state index contributed by atoms with van der Waals surface area (Å²) in [6, 6.07) is 1.72. The quantitative estimate of drug-likeness (QED) is 0.616. The molecule has 0 fully saturated rings. The van der Waals surface area contributed by atoms with E-state index in [0.29, 0.717) is 25.1 Å². The molecular weight excluding hydrogens is 279 g/mol. The lowest BCUT2D eigenvalue weighted by Crippen LogP contribution is -2.29. The van der Waals surface area contributed by atoms with Crippen LogP contribution in [0.2, 0.25) is 0 Å². The molecule has 0 bridgehead atoms. The Balaban J connectivity index is 3.32. The van der Waals surface area contributed by atoms with Gasteiger partial charge in [-0.05, 0) is 18.9 Å². The molecule has 0 saturated carbocycles. The van der Waals surface area contributed by atoms with Crippen LogP contribution in [0.5, 0.6) is 0 Å². The third-order valence-corrected chi connectivity index (χ3v) is 3.44. The summed E-state index contributed by atoms with van der Waals surface area (Å²) in [6.45, 7) is 6.88. The SMILES string of the molecule is CCC(C)CN(CC)c1cc(C(=O)O)c([N+](=O)[O-])cc1F. The van der Waals surface area contributed by atoms with Crippen LogP contribution in [0.25, 0.3) is 0 Å². The maximum Gasteiger partial charge on any atom is 0.342 e. The Kier molecular flexibility index (Phi) is 5.63. The lowest BCUT2D eigenvalue weighted by atomic mass is 10.1. The number of nitrogens with zero attached hydrogens (tertiary/aromatic N) is 2. The first kappa shape index (κ1) is 16.9. The molecule has 0 heterocycles. The topological polar surface area (TPSA) is 83.7 Å². The van der Waals surface area contributed by atoms with Crippen LogP contribution in [-0.2, 0) is 0 Å². The van der Waals surface area contributed by atoms with E-state index in [4.69, 9.17) is 5.11 Å². The predicted octanol–water partition coefficient (Wildman–Crippen LogP) is 3.30. The highest BCUT2D eigenvalue weighted by molar-refractivity contribution is 5.93. The Bertz CT molecular complexity index is 548. The van der Waals surface area contributed by atoms with Crippen molar-refractivity contribution < 1.29 is 19.2 Å². The predicted molar refractivity (Wildman–Crippen MR) is 77.4 cm³/mol. The summed E-state index contributed by atoms with van der Waals surface area (Å²) < 4.78 is 14.1. The average Bonchev–Trinajstić information content (AvgIpc) is 2.43. The average molecular weight is 298 g/mol. The summed E-state index contributed by atoms with van der Waals surface area (Å²) >= 11 is 0. The third kappa shape index (κ3) is 3.90. The van der Waals surface area contributed by atoms with Gasteiger partial charge >= 0.3 is 5.97 Å². The van der Waals surface area contributed by atoms with Gasteiger partial charge in [-0.2, -0.15) is 0 Å². The molecule has 21 heavy (non-hydrogen) atoms. The number of carboxylic acid groups (broad SMARTS) is 1. The van der Waals surface area contributed by atoms with E-state index >= 15 is 0 Å². The van der Waals surface area contributed by atoms with Crippen molar-refractivity contribution in [3.05, 3.63) is 33.6 Å². The van der Waals surface area contributed by atoms with Crippen LogP contribution in [0.4, 0.5) is 15.8 Å². The van der Waals surface area contributed by atoms with Crippen LogP contribution in [0.3, 0.4) is 0 Å². The molecule has 0 saturated heterocycles. The van der Waals surface area contributed by atoms with E-state index in [9.17, 15) is 19.3 Å². The largest absolute Gasteiger partial charge is 0.477 e. The van der Waals surface area contributed by atoms with Crippen molar-refractivity contribution in [1.29, 1.82) is 0 Å². The fraction of sp³-hybridized carbons (Fsp3) is 0.500. The van der Waals surface area contributed by atoms with E-state index in [-0.39, 0.29) is 5.69 Å². The lowest BCUT2D eigenvalue weighted by molar-refractivity contribution is -0.385. The zero-order valence-electron chi connectivity index (χ0n) is 12.3. The maximum absolute atomic E-state index is 14.1. The Hall–Kier alpha value is -2.18. The minimum absolute atomic E-state index is 0.0841. The lowest BCUT2D eigenvalue weighted by Gasteiger charge is -2.26. The number of hydrogen-bond donors (Lipinski definition) is 1. The first-order valence-corrected chi connectivity index (χ1v) is 6.77. The molecule has 7 heteroatoms. The summed E-state index contributed by atoms with van der Waals surface area (Å²) in [4.78, 5) is 22.8. The molecule has 1 rings (SSSR count). The molecule has 0 aliphatic heterocycles. The number of aromatic carboxylic acids is 1. The minimum Gasteiger partial charge on any atom is -0.477 e. The van der Waals surface area contributed by atoms with Crippen LogP contribution in [0.15, 0.2) is 12.1 Å². The number of carboxylic acids is 1.